The lowest BCUT2D eigenvalue weighted by atomic mass is 9.73. The highest BCUT2D eigenvalue weighted by atomic mass is 16.5. The van der Waals surface area contributed by atoms with Crippen molar-refractivity contribution in [2.75, 3.05) is 27.3 Å². The normalized spacial score (nSPS) is 21.0. The van der Waals surface area contributed by atoms with Gasteiger partial charge in [0.15, 0.2) is 11.5 Å². The van der Waals surface area contributed by atoms with Crippen molar-refractivity contribution in [3.05, 3.63) is 59.7 Å². The van der Waals surface area contributed by atoms with Crippen molar-refractivity contribution in [1.29, 1.82) is 0 Å². The largest absolute Gasteiger partial charge is 0.493 e. The minimum atomic E-state index is -0.695. The van der Waals surface area contributed by atoms with Crippen molar-refractivity contribution in [2.24, 2.45) is 5.41 Å². The van der Waals surface area contributed by atoms with Crippen LogP contribution < -0.4 is 9.47 Å². The maximum atomic E-state index is 12.5. The average Bonchev–Trinajstić information content (AvgIpc) is 3.11. The number of methoxy groups -OCH3 is 2. The summed E-state index contributed by atoms with van der Waals surface area (Å²) in [5, 5.41) is 0. The van der Waals surface area contributed by atoms with Crippen LogP contribution in [0.3, 0.4) is 0 Å². The molecule has 154 valence electrons. The van der Waals surface area contributed by atoms with Crippen LogP contribution in [-0.2, 0) is 16.1 Å². The van der Waals surface area contributed by atoms with Crippen molar-refractivity contribution in [3.63, 3.8) is 0 Å². The van der Waals surface area contributed by atoms with Gasteiger partial charge in [-0.05, 0) is 30.2 Å². The first kappa shape index (κ1) is 20.7. The molecule has 0 spiro atoms. The van der Waals surface area contributed by atoms with E-state index in [1.54, 1.807) is 18.9 Å². The number of amides is 1. The number of hydrogen-bond donors (Lipinski definition) is 0. The SMILES string of the molecule is COC(=O)N1C[C@H](c2ccc(OC)c(OCc3ccccc3)c2)[C@](C)(C(C)=O)C1. The summed E-state index contributed by atoms with van der Waals surface area (Å²) in [5.41, 5.74) is 1.28. The van der Waals surface area contributed by atoms with Crippen LogP contribution in [0, 0.1) is 5.41 Å². The summed E-state index contributed by atoms with van der Waals surface area (Å²) in [6.07, 6.45) is -0.422. The van der Waals surface area contributed by atoms with Crippen LogP contribution in [0.1, 0.15) is 30.9 Å². The number of benzene rings is 2. The van der Waals surface area contributed by atoms with Crippen molar-refractivity contribution in [3.8, 4) is 11.5 Å². The van der Waals surface area contributed by atoms with E-state index < -0.39 is 11.5 Å². The highest BCUT2D eigenvalue weighted by Crippen LogP contribution is 2.45. The van der Waals surface area contributed by atoms with Crippen molar-refractivity contribution in [1.82, 2.24) is 4.90 Å². The molecule has 1 aliphatic rings. The lowest BCUT2D eigenvalue weighted by Crippen LogP contribution is -2.35. The van der Waals surface area contributed by atoms with Gasteiger partial charge < -0.3 is 19.1 Å². The van der Waals surface area contributed by atoms with Gasteiger partial charge in [-0.1, -0.05) is 43.3 Å². The third kappa shape index (κ3) is 4.21. The summed E-state index contributed by atoms with van der Waals surface area (Å²) in [7, 11) is 2.95. The first-order chi connectivity index (χ1) is 13.9. The highest BCUT2D eigenvalue weighted by Gasteiger charge is 2.49. The third-order valence-corrected chi connectivity index (χ3v) is 5.76. The molecule has 3 rings (SSSR count). The summed E-state index contributed by atoms with van der Waals surface area (Å²) < 4.78 is 16.3. The average molecular weight is 397 g/mol. The number of nitrogens with zero attached hydrogens (tertiary/aromatic N) is 1. The molecule has 2 aromatic rings. The van der Waals surface area contributed by atoms with Gasteiger partial charge in [0.1, 0.15) is 12.4 Å². The molecule has 1 aliphatic heterocycles. The quantitative estimate of drug-likeness (QED) is 0.736. The minimum absolute atomic E-state index is 0.0384. The maximum Gasteiger partial charge on any atom is 0.409 e. The fraction of sp³-hybridized carbons (Fsp3) is 0.391. The Labute approximate surface area is 171 Å². The van der Waals surface area contributed by atoms with Gasteiger partial charge in [0.2, 0.25) is 0 Å². The molecule has 29 heavy (non-hydrogen) atoms. The Balaban J connectivity index is 1.90. The maximum absolute atomic E-state index is 12.5. The fourth-order valence-corrected chi connectivity index (χ4v) is 3.85. The number of ether oxygens (including phenoxy) is 3. The van der Waals surface area contributed by atoms with E-state index in [0.717, 1.165) is 11.1 Å². The Morgan fingerprint density at radius 2 is 1.83 bits per heavy atom. The van der Waals surface area contributed by atoms with Gasteiger partial charge in [-0.25, -0.2) is 4.79 Å². The van der Waals surface area contributed by atoms with Crippen LogP contribution in [-0.4, -0.2) is 44.1 Å². The molecule has 1 amide bonds. The second-order valence-corrected chi connectivity index (χ2v) is 7.56. The summed E-state index contributed by atoms with van der Waals surface area (Å²) in [6, 6.07) is 15.6. The summed E-state index contributed by atoms with van der Waals surface area (Å²) in [4.78, 5) is 26.2. The Morgan fingerprint density at radius 1 is 1.10 bits per heavy atom. The van der Waals surface area contributed by atoms with Gasteiger partial charge in [0.05, 0.1) is 19.6 Å². The molecule has 1 heterocycles. The second-order valence-electron chi connectivity index (χ2n) is 7.56. The lowest BCUT2D eigenvalue weighted by Gasteiger charge is -2.28. The molecular weight excluding hydrogens is 370 g/mol. The molecule has 0 saturated carbocycles. The topological polar surface area (TPSA) is 65.1 Å². The van der Waals surface area contributed by atoms with Gasteiger partial charge in [-0.2, -0.15) is 0 Å². The van der Waals surface area contributed by atoms with Gasteiger partial charge in [-0.3, -0.25) is 4.79 Å². The highest BCUT2D eigenvalue weighted by molar-refractivity contribution is 5.85. The lowest BCUT2D eigenvalue weighted by molar-refractivity contribution is -0.125. The smallest absolute Gasteiger partial charge is 0.409 e. The predicted molar refractivity (Wildman–Crippen MR) is 109 cm³/mol. The molecule has 1 fully saturated rings. The number of ketones is 1. The Hall–Kier alpha value is -3.02. The van der Waals surface area contributed by atoms with Crippen LogP contribution in [0.2, 0.25) is 0 Å². The summed E-state index contributed by atoms with van der Waals surface area (Å²) in [5.74, 6) is 1.11. The molecular formula is C23H27NO5. The number of hydrogen-bond acceptors (Lipinski definition) is 5. The van der Waals surface area contributed by atoms with Crippen molar-refractivity contribution >= 4 is 11.9 Å². The molecule has 1 saturated heterocycles. The number of carbonyl (C=O) groups is 2. The van der Waals surface area contributed by atoms with Gasteiger partial charge in [0.25, 0.3) is 0 Å². The van der Waals surface area contributed by atoms with Crippen LogP contribution in [0.15, 0.2) is 48.5 Å². The van der Waals surface area contributed by atoms with Gasteiger partial charge >= 0.3 is 6.09 Å². The molecule has 0 N–H and O–H groups in total. The summed E-state index contributed by atoms with van der Waals surface area (Å²) in [6.45, 7) is 4.62. The number of Topliss-reactive ketones (excluding diaryl/α,β-unsaturated/α-hetero) is 1. The van der Waals surface area contributed by atoms with Crippen molar-refractivity contribution < 1.29 is 23.8 Å². The van der Waals surface area contributed by atoms with Gasteiger partial charge in [0, 0.05) is 19.0 Å². The van der Waals surface area contributed by atoms with E-state index >= 15 is 0 Å². The van der Waals surface area contributed by atoms with E-state index in [4.69, 9.17) is 14.2 Å². The van der Waals surface area contributed by atoms with Crippen LogP contribution in [0.25, 0.3) is 0 Å². The van der Waals surface area contributed by atoms with E-state index in [1.165, 1.54) is 7.11 Å². The van der Waals surface area contributed by atoms with E-state index in [9.17, 15) is 9.59 Å². The Kier molecular flexibility index (Phi) is 6.11. The summed E-state index contributed by atoms with van der Waals surface area (Å²) >= 11 is 0. The predicted octanol–water partition coefficient (Wildman–Crippen LogP) is 4.04. The molecule has 0 aliphatic carbocycles. The minimum Gasteiger partial charge on any atom is -0.493 e. The molecule has 0 bridgehead atoms. The third-order valence-electron chi connectivity index (χ3n) is 5.76. The zero-order valence-corrected chi connectivity index (χ0v) is 17.3. The van der Waals surface area contributed by atoms with Crippen LogP contribution in [0.5, 0.6) is 11.5 Å². The Bertz CT molecular complexity index is 882. The van der Waals surface area contributed by atoms with E-state index in [0.29, 0.717) is 31.2 Å². The van der Waals surface area contributed by atoms with E-state index in [1.807, 2.05) is 55.5 Å². The second kappa shape index (κ2) is 8.55. The molecule has 2 aromatic carbocycles. The molecule has 2 atom stereocenters. The number of rotatable bonds is 6. The molecule has 6 heteroatoms. The first-order valence-electron chi connectivity index (χ1n) is 9.57. The Morgan fingerprint density at radius 3 is 2.45 bits per heavy atom. The molecule has 0 unspecified atom stereocenters. The number of likely N-dealkylation sites (tertiary alicyclic amines) is 1. The van der Waals surface area contributed by atoms with Gasteiger partial charge in [-0.15, -0.1) is 0 Å². The van der Waals surface area contributed by atoms with E-state index in [2.05, 4.69) is 0 Å². The van der Waals surface area contributed by atoms with Crippen LogP contribution >= 0.6 is 0 Å². The zero-order valence-electron chi connectivity index (χ0n) is 17.3. The standard InChI is InChI=1S/C23H27NO5/c1-16(25)23(2)15-24(22(26)28-4)13-19(23)18-10-11-20(27-3)21(12-18)29-14-17-8-6-5-7-9-17/h5-12,19H,13-15H2,1-4H3/t19-,23+/m1/s1. The number of carbonyl (C=O) groups excluding carboxylic acids is 2. The van der Waals surface area contributed by atoms with Crippen molar-refractivity contribution in [2.45, 2.75) is 26.4 Å². The zero-order chi connectivity index (χ0) is 21.0. The molecule has 6 nitrogen and oxygen atoms in total. The first-order valence-corrected chi connectivity index (χ1v) is 9.57. The fourth-order valence-electron chi connectivity index (χ4n) is 3.85. The molecule has 0 aromatic heterocycles. The van der Waals surface area contributed by atoms with E-state index in [-0.39, 0.29) is 11.7 Å². The molecule has 0 radical (unpaired) electrons. The monoisotopic (exact) mass is 397 g/mol. The van der Waals surface area contributed by atoms with Crippen LogP contribution in [0.4, 0.5) is 4.79 Å².